The molecule has 0 radical (unpaired) electrons. The van der Waals surface area contributed by atoms with E-state index in [2.05, 4.69) is 4.72 Å². The molecule has 0 saturated heterocycles. The molecule has 0 saturated carbocycles. The van der Waals surface area contributed by atoms with Gasteiger partial charge in [-0.2, -0.15) is 0 Å². The number of nitrogens with one attached hydrogen (secondary N) is 1. The largest absolute Gasteiger partial charge is 0.213 e. The van der Waals surface area contributed by atoms with Crippen molar-refractivity contribution in [3.05, 3.63) is 71.3 Å². The lowest BCUT2D eigenvalue weighted by atomic mass is 9.96. The van der Waals surface area contributed by atoms with E-state index in [0.717, 1.165) is 16.7 Å². The molecule has 0 aliphatic rings. The van der Waals surface area contributed by atoms with Crippen LogP contribution in [0.3, 0.4) is 0 Å². The zero-order valence-corrected chi connectivity index (χ0v) is 11.8. The molecule has 3 nitrogen and oxygen atoms in total. The molecule has 0 amide bonds. The van der Waals surface area contributed by atoms with Crippen LogP contribution in [0.25, 0.3) is 0 Å². The zero-order valence-electron chi connectivity index (χ0n) is 11.0. The second-order valence-electron chi connectivity index (χ2n) is 4.59. The highest BCUT2D eigenvalue weighted by atomic mass is 32.2. The van der Waals surface area contributed by atoms with Crippen LogP contribution >= 0.6 is 0 Å². The topological polar surface area (TPSA) is 46.2 Å². The predicted molar refractivity (Wildman–Crippen MR) is 77.4 cm³/mol. The van der Waals surface area contributed by atoms with E-state index >= 15 is 0 Å². The summed E-state index contributed by atoms with van der Waals surface area (Å²) < 4.78 is 25.9. The van der Waals surface area contributed by atoms with Crippen LogP contribution < -0.4 is 4.72 Å². The van der Waals surface area contributed by atoms with E-state index in [9.17, 15) is 8.42 Å². The number of aryl methyl sites for hydroxylation is 1. The number of sulfonamides is 1. The van der Waals surface area contributed by atoms with Crippen LogP contribution in [0, 0.1) is 6.92 Å². The predicted octanol–water partition coefficient (Wildman–Crippen LogP) is 2.63. The highest BCUT2D eigenvalue weighted by Gasteiger charge is 2.19. The smallest absolute Gasteiger partial charge is 0.209 e. The Bertz CT molecular complexity index is 651. The molecular formula is C15H17NO2S. The van der Waals surface area contributed by atoms with Crippen molar-refractivity contribution in [2.75, 3.05) is 6.26 Å². The van der Waals surface area contributed by atoms with Gasteiger partial charge in [0.2, 0.25) is 10.0 Å². The van der Waals surface area contributed by atoms with Crippen LogP contribution in [0.15, 0.2) is 54.6 Å². The van der Waals surface area contributed by atoms with E-state index in [1.165, 1.54) is 6.26 Å². The Hall–Kier alpha value is -1.65. The fraction of sp³-hybridized carbons (Fsp3) is 0.200. The maximum absolute atomic E-state index is 11.6. The summed E-state index contributed by atoms with van der Waals surface area (Å²) in [5, 5.41) is 0. The standard InChI is InChI=1S/C15H17NO2S/c1-12-8-6-7-11-14(12)15(16-19(2,17)18)13-9-4-3-5-10-13/h3-11,15-16H,1-2H3/t15-/m1/s1. The molecule has 4 heteroatoms. The second-order valence-corrected chi connectivity index (χ2v) is 6.37. The van der Waals surface area contributed by atoms with Crippen molar-refractivity contribution in [3.63, 3.8) is 0 Å². The van der Waals surface area contributed by atoms with Crippen LogP contribution in [0.2, 0.25) is 0 Å². The first-order valence-corrected chi connectivity index (χ1v) is 7.94. The van der Waals surface area contributed by atoms with Gasteiger partial charge in [-0.25, -0.2) is 13.1 Å². The van der Waals surface area contributed by atoms with E-state index in [0.29, 0.717) is 0 Å². The van der Waals surface area contributed by atoms with Gasteiger partial charge in [0, 0.05) is 0 Å². The minimum atomic E-state index is -3.29. The molecule has 100 valence electrons. The van der Waals surface area contributed by atoms with Gasteiger partial charge in [0.1, 0.15) is 0 Å². The highest BCUT2D eigenvalue weighted by molar-refractivity contribution is 7.88. The van der Waals surface area contributed by atoms with E-state index in [-0.39, 0.29) is 6.04 Å². The van der Waals surface area contributed by atoms with Gasteiger partial charge >= 0.3 is 0 Å². The van der Waals surface area contributed by atoms with Crippen molar-refractivity contribution in [1.82, 2.24) is 4.72 Å². The zero-order chi connectivity index (χ0) is 13.9. The fourth-order valence-electron chi connectivity index (χ4n) is 2.08. The molecule has 0 aliphatic heterocycles. The Morgan fingerprint density at radius 3 is 2.11 bits per heavy atom. The van der Waals surface area contributed by atoms with Crippen LogP contribution in [-0.4, -0.2) is 14.7 Å². The van der Waals surface area contributed by atoms with Crippen LogP contribution in [0.1, 0.15) is 22.7 Å². The third-order valence-corrected chi connectivity index (χ3v) is 3.63. The lowest BCUT2D eigenvalue weighted by Gasteiger charge is -2.20. The van der Waals surface area contributed by atoms with Crippen LogP contribution in [0.4, 0.5) is 0 Å². The second kappa shape index (κ2) is 5.55. The Labute approximate surface area is 114 Å². The van der Waals surface area contributed by atoms with Crippen LogP contribution in [0.5, 0.6) is 0 Å². The van der Waals surface area contributed by atoms with Gasteiger partial charge in [-0.15, -0.1) is 0 Å². The number of benzene rings is 2. The first kappa shape index (κ1) is 13.8. The third-order valence-electron chi connectivity index (χ3n) is 2.96. The summed E-state index contributed by atoms with van der Waals surface area (Å²) in [6.07, 6.45) is 1.18. The van der Waals surface area contributed by atoms with Crippen molar-refractivity contribution >= 4 is 10.0 Å². The Balaban J connectivity index is 2.50. The maximum atomic E-state index is 11.6. The summed E-state index contributed by atoms with van der Waals surface area (Å²) in [6.45, 7) is 1.98. The van der Waals surface area contributed by atoms with Crippen molar-refractivity contribution in [3.8, 4) is 0 Å². The molecule has 1 atom stereocenters. The lowest BCUT2D eigenvalue weighted by molar-refractivity contribution is 0.578. The summed E-state index contributed by atoms with van der Waals surface area (Å²) in [5.74, 6) is 0. The minimum Gasteiger partial charge on any atom is -0.213 e. The molecule has 0 spiro atoms. The summed E-state index contributed by atoms with van der Waals surface area (Å²) in [4.78, 5) is 0. The molecule has 0 heterocycles. The van der Waals surface area contributed by atoms with Crippen molar-refractivity contribution in [2.45, 2.75) is 13.0 Å². The molecule has 2 rings (SSSR count). The molecule has 0 bridgehead atoms. The van der Waals surface area contributed by atoms with E-state index < -0.39 is 10.0 Å². The molecular weight excluding hydrogens is 258 g/mol. The summed E-state index contributed by atoms with van der Waals surface area (Å²) in [5.41, 5.74) is 2.97. The van der Waals surface area contributed by atoms with Crippen LogP contribution in [-0.2, 0) is 10.0 Å². The first-order chi connectivity index (χ1) is 8.97. The van der Waals surface area contributed by atoms with Gasteiger partial charge in [0.15, 0.2) is 0 Å². The average Bonchev–Trinajstić information content (AvgIpc) is 2.37. The van der Waals surface area contributed by atoms with Gasteiger partial charge in [-0.1, -0.05) is 54.6 Å². The van der Waals surface area contributed by atoms with Crippen molar-refractivity contribution in [1.29, 1.82) is 0 Å². The third kappa shape index (κ3) is 3.66. The SMILES string of the molecule is Cc1ccccc1[C@H](NS(C)(=O)=O)c1ccccc1. The quantitative estimate of drug-likeness (QED) is 0.932. The van der Waals surface area contributed by atoms with Gasteiger partial charge < -0.3 is 0 Å². The lowest BCUT2D eigenvalue weighted by Crippen LogP contribution is -2.28. The van der Waals surface area contributed by atoms with Crippen molar-refractivity contribution < 1.29 is 8.42 Å². The molecule has 19 heavy (non-hydrogen) atoms. The summed E-state index contributed by atoms with van der Waals surface area (Å²) in [7, 11) is -3.29. The maximum Gasteiger partial charge on any atom is 0.209 e. The fourth-order valence-corrected chi connectivity index (χ4v) is 2.77. The van der Waals surface area contributed by atoms with E-state index in [1.807, 2.05) is 61.5 Å². The Kier molecular flexibility index (Phi) is 4.02. The van der Waals surface area contributed by atoms with Gasteiger partial charge in [-0.3, -0.25) is 0 Å². The van der Waals surface area contributed by atoms with E-state index in [1.54, 1.807) is 0 Å². The van der Waals surface area contributed by atoms with Gasteiger partial charge in [-0.05, 0) is 23.6 Å². The molecule has 0 unspecified atom stereocenters. The number of rotatable bonds is 4. The molecule has 2 aromatic carbocycles. The average molecular weight is 275 g/mol. The van der Waals surface area contributed by atoms with Gasteiger partial charge in [0.05, 0.1) is 12.3 Å². The summed E-state index contributed by atoms with van der Waals surface area (Å²) in [6, 6.07) is 17.0. The molecule has 1 N–H and O–H groups in total. The normalized spacial score (nSPS) is 13.2. The first-order valence-electron chi connectivity index (χ1n) is 6.05. The van der Waals surface area contributed by atoms with E-state index in [4.69, 9.17) is 0 Å². The molecule has 2 aromatic rings. The Morgan fingerprint density at radius 2 is 1.53 bits per heavy atom. The molecule has 0 fully saturated rings. The number of hydrogen-bond donors (Lipinski definition) is 1. The molecule has 0 aliphatic carbocycles. The molecule has 0 aromatic heterocycles. The van der Waals surface area contributed by atoms with Gasteiger partial charge in [0.25, 0.3) is 0 Å². The monoisotopic (exact) mass is 275 g/mol. The highest BCUT2D eigenvalue weighted by Crippen LogP contribution is 2.25. The minimum absolute atomic E-state index is 0.350. The number of hydrogen-bond acceptors (Lipinski definition) is 2. The summed E-state index contributed by atoms with van der Waals surface area (Å²) >= 11 is 0. The Morgan fingerprint density at radius 1 is 0.947 bits per heavy atom. The van der Waals surface area contributed by atoms with Crippen molar-refractivity contribution in [2.24, 2.45) is 0 Å².